The lowest BCUT2D eigenvalue weighted by atomic mass is 9.79. The molecule has 0 unspecified atom stereocenters. The van der Waals surface area contributed by atoms with E-state index >= 15 is 0 Å². The number of benzene rings is 2. The van der Waals surface area contributed by atoms with Crippen LogP contribution in [0.4, 0.5) is 5.69 Å². The molecule has 0 radical (unpaired) electrons. The van der Waals surface area contributed by atoms with Crippen LogP contribution in [0.15, 0.2) is 41.4 Å². The monoisotopic (exact) mass is 337 g/mol. The second-order valence-electron chi connectivity index (χ2n) is 8.40. The van der Waals surface area contributed by atoms with Crippen molar-refractivity contribution in [2.45, 2.75) is 52.4 Å². The normalized spacial score (nSPS) is 12.6. The molecule has 0 aliphatic carbocycles. The third-order valence-electron chi connectivity index (χ3n) is 4.22. The first kappa shape index (κ1) is 18.9. The Morgan fingerprint density at radius 1 is 0.920 bits per heavy atom. The third kappa shape index (κ3) is 4.36. The summed E-state index contributed by atoms with van der Waals surface area (Å²) in [5, 5.41) is 10.8. The molecule has 0 aromatic heterocycles. The van der Waals surface area contributed by atoms with E-state index in [9.17, 15) is 9.90 Å². The summed E-state index contributed by atoms with van der Waals surface area (Å²) in [7, 11) is 0. The van der Waals surface area contributed by atoms with E-state index in [2.05, 4.69) is 52.6 Å². The number of rotatable bonds is 3. The van der Waals surface area contributed by atoms with Crippen molar-refractivity contribution >= 4 is 18.2 Å². The summed E-state index contributed by atoms with van der Waals surface area (Å²) in [5.41, 5.74) is 3.59. The molecule has 25 heavy (non-hydrogen) atoms. The van der Waals surface area contributed by atoms with Gasteiger partial charge in [0.15, 0.2) is 6.29 Å². The summed E-state index contributed by atoms with van der Waals surface area (Å²) in [6.45, 7) is 12.7. The van der Waals surface area contributed by atoms with Crippen LogP contribution in [-0.4, -0.2) is 17.6 Å². The highest BCUT2D eigenvalue weighted by atomic mass is 16.3. The Kier molecular flexibility index (Phi) is 5.17. The molecule has 0 fully saturated rings. The van der Waals surface area contributed by atoms with Gasteiger partial charge in [0.1, 0.15) is 5.75 Å². The number of hydrogen-bond donors (Lipinski definition) is 1. The van der Waals surface area contributed by atoms with Gasteiger partial charge in [0, 0.05) is 22.9 Å². The topological polar surface area (TPSA) is 49.7 Å². The Morgan fingerprint density at radius 3 is 2.12 bits per heavy atom. The van der Waals surface area contributed by atoms with Crippen LogP contribution in [0.25, 0.3) is 0 Å². The van der Waals surface area contributed by atoms with E-state index in [0.29, 0.717) is 16.8 Å². The van der Waals surface area contributed by atoms with Gasteiger partial charge in [-0.05, 0) is 34.6 Å². The highest BCUT2D eigenvalue weighted by Crippen LogP contribution is 2.37. The number of carbonyl (C=O) groups excluding carboxylic acids is 1. The van der Waals surface area contributed by atoms with E-state index in [4.69, 9.17) is 0 Å². The van der Waals surface area contributed by atoms with Crippen LogP contribution in [0.3, 0.4) is 0 Å². The molecule has 0 heterocycles. The lowest BCUT2D eigenvalue weighted by molar-refractivity contribution is 0.112. The number of nitrogens with zero attached hydrogens (tertiary/aromatic N) is 1. The molecule has 2 aromatic carbocycles. The van der Waals surface area contributed by atoms with E-state index in [-0.39, 0.29) is 16.6 Å². The molecule has 132 valence electrons. The number of para-hydroxylation sites is 1. The molecule has 0 saturated carbocycles. The molecular formula is C22H27NO2. The minimum atomic E-state index is -0.186. The van der Waals surface area contributed by atoms with Gasteiger partial charge in [-0.15, -0.1) is 0 Å². The lowest BCUT2D eigenvalue weighted by Gasteiger charge is -2.27. The summed E-state index contributed by atoms with van der Waals surface area (Å²) in [6, 6.07) is 11.2. The van der Waals surface area contributed by atoms with E-state index in [1.807, 2.05) is 12.1 Å². The van der Waals surface area contributed by atoms with E-state index in [0.717, 1.165) is 17.4 Å². The zero-order chi connectivity index (χ0) is 18.8. The Bertz CT molecular complexity index is 806. The maximum absolute atomic E-state index is 11.2. The van der Waals surface area contributed by atoms with Crippen molar-refractivity contribution in [1.82, 2.24) is 0 Å². The van der Waals surface area contributed by atoms with Crippen LogP contribution >= 0.6 is 0 Å². The highest BCUT2D eigenvalue weighted by molar-refractivity contribution is 5.90. The van der Waals surface area contributed by atoms with E-state index in [1.165, 1.54) is 0 Å². The van der Waals surface area contributed by atoms with E-state index < -0.39 is 0 Å². The fourth-order valence-corrected chi connectivity index (χ4v) is 2.60. The zero-order valence-electron chi connectivity index (χ0n) is 15.9. The first-order valence-corrected chi connectivity index (χ1v) is 8.50. The smallest absolute Gasteiger partial charge is 0.152 e. The molecule has 2 rings (SSSR count). The summed E-state index contributed by atoms with van der Waals surface area (Å²) in [5.74, 6) is 0.243. The van der Waals surface area contributed by atoms with Gasteiger partial charge in [0.2, 0.25) is 0 Å². The van der Waals surface area contributed by atoms with E-state index in [1.54, 1.807) is 24.4 Å². The van der Waals surface area contributed by atoms with Crippen molar-refractivity contribution in [3.05, 3.63) is 58.7 Å². The van der Waals surface area contributed by atoms with Gasteiger partial charge in [-0.2, -0.15) is 0 Å². The molecule has 0 aliphatic rings. The van der Waals surface area contributed by atoms with Gasteiger partial charge in [0.05, 0.1) is 5.69 Å². The summed E-state index contributed by atoms with van der Waals surface area (Å²) in [6.07, 6.45) is 2.43. The molecular weight excluding hydrogens is 310 g/mol. The second kappa shape index (κ2) is 6.83. The van der Waals surface area contributed by atoms with Gasteiger partial charge in [-0.3, -0.25) is 9.79 Å². The Balaban J connectivity index is 2.60. The van der Waals surface area contributed by atoms with Crippen LogP contribution in [0.1, 0.15) is 68.6 Å². The molecule has 3 nitrogen and oxygen atoms in total. The number of carbonyl (C=O) groups is 1. The first-order chi connectivity index (χ1) is 11.5. The van der Waals surface area contributed by atoms with Crippen LogP contribution in [0, 0.1) is 0 Å². The number of phenolic OH excluding ortho intramolecular Hbond substituents is 1. The number of hydrogen-bond acceptors (Lipinski definition) is 3. The molecule has 0 spiro atoms. The number of aldehydes is 1. The molecule has 0 bridgehead atoms. The minimum Gasteiger partial charge on any atom is -0.507 e. The van der Waals surface area contributed by atoms with Crippen molar-refractivity contribution in [2.24, 2.45) is 4.99 Å². The lowest BCUT2D eigenvalue weighted by Crippen LogP contribution is -2.17. The van der Waals surface area contributed by atoms with Gasteiger partial charge < -0.3 is 5.11 Å². The first-order valence-electron chi connectivity index (χ1n) is 8.50. The van der Waals surface area contributed by atoms with Gasteiger partial charge in [0.25, 0.3) is 0 Å². The molecule has 0 saturated heterocycles. The SMILES string of the molecule is CC(C)(C)c1cc(/C=N/c2ccccc2C=O)c(O)c(C(C)(C)C)c1. The molecule has 1 N–H and O–H groups in total. The molecule has 0 amide bonds. The van der Waals surface area contributed by atoms with Crippen molar-refractivity contribution in [3.8, 4) is 5.75 Å². The van der Waals surface area contributed by atoms with Crippen molar-refractivity contribution < 1.29 is 9.90 Å². The highest BCUT2D eigenvalue weighted by Gasteiger charge is 2.24. The third-order valence-corrected chi connectivity index (χ3v) is 4.22. The Labute approximate surface area is 150 Å². The number of aliphatic imine (C=N–C) groups is 1. The minimum absolute atomic E-state index is 0.0446. The number of phenols is 1. The van der Waals surface area contributed by atoms with Crippen LogP contribution in [0.5, 0.6) is 5.75 Å². The van der Waals surface area contributed by atoms with Gasteiger partial charge in [-0.1, -0.05) is 59.7 Å². The molecule has 0 aliphatic heterocycles. The zero-order valence-corrected chi connectivity index (χ0v) is 15.9. The quantitative estimate of drug-likeness (QED) is 0.589. The maximum Gasteiger partial charge on any atom is 0.152 e. The molecule has 2 aromatic rings. The summed E-state index contributed by atoms with van der Waals surface area (Å²) < 4.78 is 0. The largest absolute Gasteiger partial charge is 0.507 e. The predicted molar refractivity (Wildman–Crippen MR) is 105 cm³/mol. The van der Waals surface area contributed by atoms with Crippen molar-refractivity contribution in [1.29, 1.82) is 0 Å². The Hall–Kier alpha value is -2.42. The second-order valence-corrected chi connectivity index (χ2v) is 8.40. The standard InChI is InChI=1S/C22H27NO2/c1-21(2,3)17-11-16(20(25)18(12-17)22(4,5)6)13-23-19-10-8-7-9-15(19)14-24/h7-14,25H,1-6H3/b23-13+. The van der Waals surface area contributed by atoms with Crippen LogP contribution in [0.2, 0.25) is 0 Å². The average Bonchev–Trinajstić information content (AvgIpc) is 2.51. The summed E-state index contributed by atoms with van der Waals surface area (Å²) >= 11 is 0. The van der Waals surface area contributed by atoms with Gasteiger partial charge >= 0.3 is 0 Å². The average molecular weight is 337 g/mol. The maximum atomic E-state index is 11.2. The van der Waals surface area contributed by atoms with Crippen LogP contribution < -0.4 is 0 Å². The fourth-order valence-electron chi connectivity index (χ4n) is 2.60. The van der Waals surface area contributed by atoms with Crippen molar-refractivity contribution in [3.63, 3.8) is 0 Å². The number of aromatic hydroxyl groups is 1. The fraction of sp³-hybridized carbons (Fsp3) is 0.364. The molecule has 3 heteroatoms. The van der Waals surface area contributed by atoms with Crippen molar-refractivity contribution in [2.75, 3.05) is 0 Å². The summed E-state index contributed by atoms with van der Waals surface area (Å²) in [4.78, 5) is 15.6. The van der Waals surface area contributed by atoms with Gasteiger partial charge in [-0.25, -0.2) is 0 Å². The molecule has 0 atom stereocenters. The predicted octanol–water partition coefficient (Wildman–Crippen LogP) is 5.55. The van der Waals surface area contributed by atoms with Crippen LogP contribution in [-0.2, 0) is 10.8 Å². The Morgan fingerprint density at radius 2 is 1.56 bits per heavy atom.